The van der Waals surface area contributed by atoms with Gasteiger partial charge in [-0.2, -0.15) is 0 Å². The van der Waals surface area contributed by atoms with E-state index >= 15 is 0 Å². The largest absolute Gasteiger partial charge is 0.418 e. The Hall–Kier alpha value is -0.333. The monoisotopic (exact) mass is 435 g/mol. The van der Waals surface area contributed by atoms with Gasteiger partial charge in [-0.05, 0) is 52.2 Å². The number of alkyl halides is 1. The van der Waals surface area contributed by atoms with Crippen LogP contribution in [0.1, 0.15) is 53.9 Å². The molecule has 0 saturated heterocycles. The number of nitrogens with zero attached hydrogens (tertiary/aromatic N) is 1. The summed E-state index contributed by atoms with van der Waals surface area (Å²) in [6.07, 6.45) is 3.29. The quantitative estimate of drug-likeness (QED) is 0.268. The van der Waals surface area contributed by atoms with Gasteiger partial charge in [-0.3, -0.25) is 0 Å². The number of amides is 1. The second-order valence-electron chi connectivity index (χ2n) is 8.57. The van der Waals surface area contributed by atoms with Crippen molar-refractivity contribution < 1.29 is 14.6 Å². The third kappa shape index (κ3) is 10.4. The van der Waals surface area contributed by atoms with Crippen LogP contribution in [0.4, 0.5) is 4.79 Å². The van der Waals surface area contributed by atoms with Crippen molar-refractivity contribution in [3.05, 3.63) is 11.8 Å². The Bertz CT molecular complexity index is 425. The predicted molar refractivity (Wildman–Crippen MR) is 113 cm³/mol. The molecule has 0 rings (SSSR count). The Morgan fingerprint density at radius 3 is 2.12 bits per heavy atom. The standard InChI is InChI=1S/C19H38BrNO3Si/c1-9-10-17(20)18(22)11-16(13-25(6,7)8)12-24-19(23)21(14(2)3)15(4)5/h12,14-15,17-18,22H,9-11,13H2,1-8H3/b16-12+/t17-,18+/m1/s1. The van der Waals surface area contributed by atoms with E-state index in [2.05, 4.69) is 42.5 Å². The minimum absolute atomic E-state index is 0.0704. The normalized spacial score (nSPS) is 15.4. The molecule has 25 heavy (non-hydrogen) atoms. The highest BCUT2D eigenvalue weighted by Gasteiger charge is 2.24. The molecule has 0 radical (unpaired) electrons. The molecule has 148 valence electrons. The van der Waals surface area contributed by atoms with Crippen molar-refractivity contribution in [3.8, 4) is 0 Å². The number of aliphatic hydroxyl groups is 1. The van der Waals surface area contributed by atoms with Gasteiger partial charge in [0.05, 0.1) is 12.4 Å². The van der Waals surface area contributed by atoms with Crippen LogP contribution in [0.5, 0.6) is 0 Å². The second kappa shape index (κ2) is 11.4. The van der Waals surface area contributed by atoms with Gasteiger partial charge in [-0.1, -0.05) is 48.9 Å². The first-order valence-corrected chi connectivity index (χ1v) is 14.0. The van der Waals surface area contributed by atoms with Crippen molar-refractivity contribution in [2.45, 2.75) is 103 Å². The van der Waals surface area contributed by atoms with Crippen LogP contribution in [0.2, 0.25) is 25.7 Å². The highest BCUT2D eigenvalue weighted by atomic mass is 79.9. The number of carbonyl (C=O) groups is 1. The zero-order valence-corrected chi connectivity index (χ0v) is 19.9. The number of carbonyl (C=O) groups excluding carboxylic acids is 1. The lowest BCUT2D eigenvalue weighted by atomic mass is 10.1. The summed E-state index contributed by atoms with van der Waals surface area (Å²) >= 11 is 3.57. The van der Waals surface area contributed by atoms with Crippen molar-refractivity contribution in [1.82, 2.24) is 4.90 Å². The predicted octanol–water partition coefficient (Wildman–Crippen LogP) is 5.78. The number of hydrogen-bond donors (Lipinski definition) is 1. The first-order chi connectivity index (χ1) is 11.4. The molecule has 2 atom stereocenters. The molecule has 0 aromatic carbocycles. The maximum absolute atomic E-state index is 12.4. The fourth-order valence-electron chi connectivity index (χ4n) is 2.92. The van der Waals surface area contributed by atoms with E-state index in [1.807, 2.05) is 27.7 Å². The maximum Gasteiger partial charge on any atom is 0.415 e. The van der Waals surface area contributed by atoms with Crippen LogP contribution in [0, 0.1) is 0 Å². The first kappa shape index (κ1) is 24.7. The molecule has 0 aliphatic carbocycles. The third-order valence-corrected chi connectivity index (χ3v) is 6.44. The van der Waals surface area contributed by atoms with Gasteiger partial charge in [-0.25, -0.2) is 4.79 Å². The molecule has 0 aliphatic heterocycles. The summed E-state index contributed by atoms with van der Waals surface area (Å²) in [7, 11) is -1.38. The van der Waals surface area contributed by atoms with E-state index in [1.54, 1.807) is 11.2 Å². The Kier molecular flexibility index (Phi) is 11.2. The van der Waals surface area contributed by atoms with Gasteiger partial charge in [-0.15, -0.1) is 0 Å². The Morgan fingerprint density at radius 2 is 1.72 bits per heavy atom. The summed E-state index contributed by atoms with van der Waals surface area (Å²) in [6.45, 7) is 16.9. The molecule has 0 saturated carbocycles. The number of hydrogen-bond acceptors (Lipinski definition) is 3. The van der Waals surface area contributed by atoms with Crippen LogP contribution in [0.3, 0.4) is 0 Å². The summed E-state index contributed by atoms with van der Waals surface area (Å²) in [4.78, 5) is 14.2. The van der Waals surface area contributed by atoms with Crippen LogP contribution in [0.25, 0.3) is 0 Å². The second-order valence-corrected chi connectivity index (χ2v) is 15.2. The zero-order valence-electron chi connectivity index (χ0n) is 17.3. The van der Waals surface area contributed by atoms with Crippen molar-refractivity contribution in [2.75, 3.05) is 0 Å². The molecular weight excluding hydrogens is 398 g/mol. The molecule has 0 aromatic rings. The smallest absolute Gasteiger partial charge is 0.415 e. The highest BCUT2D eigenvalue weighted by Crippen LogP contribution is 2.25. The van der Waals surface area contributed by atoms with E-state index < -0.39 is 14.2 Å². The average Bonchev–Trinajstić information content (AvgIpc) is 2.42. The first-order valence-electron chi connectivity index (χ1n) is 9.38. The number of halogens is 1. The van der Waals surface area contributed by atoms with Gasteiger partial charge in [0.25, 0.3) is 0 Å². The summed E-state index contributed by atoms with van der Waals surface area (Å²) in [5.74, 6) is 0. The van der Waals surface area contributed by atoms with Gasteiger partial charge in [0.2, 0.25) is 0 Å². The van der Waals surface area contributed by atoms with Crippen molar-refractivity contribution in [1.29, 1.82) is 0 Å². The molecule has 0 heterocycles. The van der Waals surface area contributed by atoms with Crippen LogP contribution < -0.4 is 0 Å². The van der Waals surface area contributed by atoms with E-state index in [0.29, 0.717) is 6.42 Å². The van der Waals surface area contributed by atoms with Crippen molar-refractivity contribution in [3.63, 3.8) is 0 Å². The van der Waals surface area contributed by atoms with Gasteiger partial charge >= 0.3 is 6.09 Å². The lowest BCUT2D eigenvalue weighted by Gasteiger charge is -2.29. The summed E-state index contributed by atoms with van der Waals surface area (Å²) in [5, 5.41) is 10.4. The van der Waals surface area contributed by atoms with Gasteiger partial charge < -0.3 is 14.7 Å². The lowest BCUT2D eigenvalue weighted by molar-refractivity contribution is 0.107. The Labute approximate surface area is 164 Å². The summed E-state index contributed by atoms with van der Waals surface area (Å²) in [6, 6.07) is 1.08. The van der Waals surface area contributed by atoms with E-state index in [4.69, 9.17) is 4.74 Å². The third-order valence-electron chi connectivity index (χ3n) is 3.86. The van der Waals surface area contributed by atoms with Crippen molar-refractivity contribution >= 4 is 30.1 Å². The molecule has 0 aliphatic rings. The Morgan fingerprint density at radius 1 is 1.20 bits per heavy atom. The Balaban J connectivity index is 5.14. The minimum Gasteiger partial charge on any atom is -0.418 e. The average molecular weight is 437 g/mol. The zero-order chi connectivity index (χ0) is 19.8. The molecule has 0 bridgehead atoms. The van der Waals surface area contributed by atoms with Gasteiger partial charge in [0, 0.05) is 25.0 Å². The van der Waals surface area contributed by atoms with Gasteiger partial charge in [0.1, 0.15) is 0 Å². The molecule has 0 fully saturated rings. The lowest BCUT2D eigenvalue weighted by Crippen LogP contribution is -2.41. The van der Waals surface area contributed by atoms with Crippen LogP contribution in [-0.4, -0.2) is 47.2 Å². The SMILES string of the molecule is CCC[C@@H](Br)[C@@H](O)C/C(=C\OC(=O)N(C(C)C)C(C)C)C[Si](C)(C)C. The van der Waals surface area contributed by atoms with Crippen molar-refractivity contribution in [2.24, 2.45) is 0 Å². The maximum atomic E-state index is 12.4. The van der Waals surface area contributed by atoms with Gasteiger partial charge in [0.15, 0.2) is 0 Å². The molecule has 0 spiro atoms. The fraction of sp³-hybridized carbons (Fsp3) is 0.842. The van der Waals surface area contributed by atoms with Crippen LogP contribution in [-0.2, 0) is 4.74 Å². The molecule has 6 heteroatoms. The van der Waals surface area contributed by atoms with E-state index in [0.717, 1.165) is 24.5 Å². The van der Waals surface area contributed by atoms with Crippen LogP contribution >= 0.6 is 15.9 Å². The topological polar surface area (TPSA) is 49.8 Å². The fourth-order valence-corrected chi connectivity index (χ4v) is 5.16. The summed E-state index contributed by atoms with van der Waals surface area (Å²) < 4.78 is 5.50. The number of rotatable bonds is 10. The molecule has 1 N–H and O–H groups in total. The molecule has 0 aromatic heterocycles. The van der Waals surface area contributed by atoms with E-state index in [-0.39, 0.29) is 23.0 Å². The number of ether oxygens (including phenoxy) is 1. The van der Waals surface area contributed by atoms with E-state index in [1.165, 1.54) is 0 Å². The molecule has 4 nitrogen and oxygen atoms in total. The molecule has 1 amide bonds. The molecular formula is C19H38BrNO3Si. The molecule has 0 unspecified atom stereocenters. The van der Waals surface area contributed by atoms with Crippen LogP contribution in [0.15, 0.2) is 11.8 Å². The minimum atomic E-state index is -1.38. The number of aliphatic hydroxyl groups excluding tert-OH is 1. The van der Waals surface area contributed by atoms with E-state index in [9.17, 15) is 9.90 Å². The summed E-state index contributed by atoms with van der Waals surface area (Å²) in [5.41, 5.74) is 1.02. The highest BCUT2D eigenvalue weighted by molar-refractivity contribution is 9.09.